The molecule has 0 spiro atoms. The summed E-state index contributed by atoms with van der Waals surface area (Å²) in [5.41, 5.74) is 1.48. The Bertz CT molecular complexity index is 735. The summed E-state index contributed by atoms with van der Waals surface area (Å²) in [5.74, 6) is 1.12. The van der Waals surface area contributed by atoms with Crippen molar-refractivity contribution in [3.05, 3.63) is 47.4 Å². The fourth-order valence-corrected chi connectivity index (χ4v) is 2.28. The molecule has 0 fully saturated rings. The SMILES string of the molecule is Cc1ccc(C(=O)N[C@@H](C)c2ccc3c(c2)NC(=O)CO3)o1. The minimum Gasteiger partial charge on any atom is -0.482 e. The molecule has 0 bridgehead atoms. The number of carbonyl (C=O) groups is 2. The summed E-state index contributed by atoms with van der Waals surface area (Å²) in [7, 11) is 0. The highest BCUT2D eigenvalue weighted by Crippen LogP contribution is 2.30. The highest BCUT2D eigenvalue weighted by Gasteiger charge is 2.19. The minimum atomic E-state index is -0.279. The largest absolute Gasteiger partial charge is 0.482 e. The molecule has 0 aliphatic carbocycles. The predicted molar refractivity (Wildman–Crippen MR) is 79.9 cm³/mol. The van der Waals surface area contributed by atoms with Crippen LogP contribution in [-0.4, -0.2) is 18.4 Å². The van der Waals surface area contributed by atoms with Gasteiger partial charge in [-0.05, 0) is 43.7 Å². The van der Waals surface area contributed by atoms with E-state index < -0.39 is 0 Å². The van der Waals surface area contributed by atoms with Crippen molar-refractivity contribution in [1.29, 1.82) is 0 Å². The minimum absolute atomic E-state index is 0.0243. The van der Waals surface area contributed by atoms with E-state index in [4.69, 9.17) is 9.15 Å². The summed E-state index contributed by atoms with van der Waals surface area (Å²) < 4.78 is 10.6. The van der Waals surface area contributed by atoms with Crippen LogP contribution in [0, 0.1) is 6.92 Å². The van der Waals surface area contributed by atoms with Crippen molar-refractivity contribution >= 4 is 17.5 Å². The second kappa shape index (κ2) is 5.55. The molecule has 2 aromatic rings. The zero-order valence-electron chi connectivity index (χ0n) is 12.3. The number of benzene rings is 1. The molecule has 6 heteroatoms. The van der Waals surface area contributed by atoms with E-state index in [9.17, 15) is 9.59 Å². The number of nitrogens with one attached hydrogen (secondary N) is 2. The zero-order chi connectivity index (χ0) is 15.7. The van der Waals surface area contributed by atoms with Gasteiger partial charge in [0.05, 0.1) is 11.7 Å². The van der Waals surface area contributed by atoms with Crippen molar-refractivity contribution in [3.8, 4) is 5.75 Å². The summed E-state index contributed by atoms with van der Waals surface area (Å²) >= 11 is 0. The number of aryl methyl sites for hydroxylation is 1. The van der Waals surface area contributed by atoms with Crippen LogP contribution in [-0.2, 0) is 4.79 Å². The van der Waals surface area contributed by atoms with Crippen LogP contribution in [0.15, 0.2) is 34.7 Å². The Morgan fingerprint density at radius 1 is 1.32 bits per heavy atom. The van der Waals surface area contributed by atoms with Gasteiger partial charge in [-0.15, -0.1) is 0 Å². The summed E-state index contributed by atoms with van der Waals surface area (Å²) in [5, 5.41) is 5.61. The maximum absolute atomic E-state index is 12.1. The maximum atomic E-state index is 12.1. The van der Waals surface area contributed by atoms with Crippen molar-refractivity contribution < 1.29 is 18.7 Å². The molecule has 2 N–H and O–H groups in total. The van der Waals surface area contributed by atoms with Crippen molar-refractivity contribution in [2.24, 2.45) is 0 Å². The zero-order valence-corrected chi connectivity index (χ0v) is 12.3. The van der Waals surface area contributed by atoms with Crippen molar-refractivity contribution in [3.63, 3.8) is 0 Å². The van der Waals surface area contributed by atoms with Gasteiger partial charge in [-0.2, -0.15) is 0 Å². The molecule has 0 radical (unpaired) electrons. The van der Waals surface area contributed by atoms with Gasteiger partial charge in [-0.3, -0.25) is 9.59 Å². The molecule has 0 saturated heterocycles. The highest BCUT2D eigenvalue weighted by molar-refractivity contribution is 5.95. The van der Waals surface area contributed by atoms with Gasteiger partial charge in [0.1, 0.15) is 11.5 Å². The second-order valence-corrected chi connectivity index (χ2v) is 5.20. The summed E-state index contributed by atoms with van der Waals surface area (Å²) in [6.07, 6.45) is 0. The monoisotopic (exact) mass is 300 g/mol. The van der Waals surface area contributed by atoms with Crippen LogP contribution in [0.4, 0.5) is 5.69 Å². The van der Waals surface area contributed by atoms with Gasteiger partial charge in [0.25, 0.3) is 11.8 Å². The smallest absolute Gasteiger partial charge is 0.287 e. The molecule has 114 valence electrons. The number of carbonyl (C=O) groups excluding carboxylic acids is 2. The van der Waals surface area contributed by atoms with Gasteiger partial charge in [0, 0.05) is 0 Å². The van der Waals surface area contributed by atoms with Crippen LogP contribution in [0.1, 0.15) is 34.8 Å². The average Bonchev–Trinajstić information content (AvgIpc) is 2.93. The number of amides is 2. The van der Waals surface area contributed by atoms with E-state index in [2.05, 4.69) is 10.6 Å². The Labute approximate surface area is 127 Å². The fourth-order valence-electron chi connectivity index (χ4n) is 2.28. The third kappa shape index (κ3) is 2.81. The normalized spacial score (nSPS) is 14.5. The standard InChI is InChI=1S/C16H16N2O4/c1-9-3-5-14(22-9)16(20)17-10(2)11-4-6-13-12(7-11)18-15(19)8-21-13/h3-7,10H,8H2,1-2H3,(H,17,20)(H,18,19)/t10-/m0/s1. The molecule has 1 aromatic carbocycles. The summed E-state index contributed by atoms with van der Waals surface area (Å²) in [6.45, 7) is 3.67. The molecule has 22 heavy (non-hydrogen) atoms. The second-order valence-electron chi connectivity index (χ2n) is 5.20. The Morgan fingerprint density at radius 2 is 2.14 bits per heavy atom. The Morgan fingerprint density at radius 3 is 2.86 bits per heavy atom. The molecule has 6 nitrogen and oxygen atoms in total. The average molecular weight is 300 g/mol. The molecule has 0 saturated carbocycles. The van der Waals surface area contributed by atoms with E-state index in [0.29, 0.717) is 17.2 Å². The molecule has 2 heterocycles. The molecular formula is C16H16N2O4. The van der Waals surface area contributed by atoms with Crippen LogP contribution < -0.4 is 15.4 Å². The topological polar surface area (TPSA) is 80.6 Å². The maximum Gasteiger partial charge on any atom is 0.287 e. The van der Waals surface area contributed by atoms with Crippen LogP contribution >= 0.6 is 0 Å². The number of fused-ring (bicyclic) bond motifs is 1. The first kappa shape index (κ1) is 14.2. The van der Waals surface area contributed by atoms with E-state index in [1.165, 1.54) is 0 Å². The third-order valence-electron chi connectivity index (χ3n) is 3.45. The quantitative estimate of drug-likeness (QED) is 0.912. The van der Waals surface area contributed by atoms with Gasteiger partial charge >= 0.3 is 0 Å². The number of ether oxygens (including phenoxy) is 1. The van der Waals surface area contributed by atoms with Gasteiger partial charge in [0.15, 0.2) is 12.4 Å². The first-order chi connectivity index (χ1) is 10.5. The molecule has 1 aromatic heterocycles. The van der Waals surface area contributed by atoms with Gasteiger partial charge in [-0.25, -0.2) is 0 Å². The molecule has 3 rings (SSSR count). The lowest BCUT2D eigenvalue weighted by atomic mass is 10.1. The van der Waals surface area contributed by atoms with E-state index in [-0.39, 0.29) is 30.2 Å². The van der Waals surface area contributed by atoms with E-state index in [0.717, 1.165) is 5.56 Å². The predicted octanol–water partition coefficient (Wildman–Crippen LogP) is 2.41. The third-order valence-corrected chi connectivity index (χ3v) is 3.45. The van der Waals surface area contributed by atoms with E-state index in [1.807, 2.05) is 13.0 Å². The summed E-state index contributed by atoms with van der Waals surface area (Å²) in [6, 6.07) is 8.58. The lowest BCUT2D eigenvalue weighted by Crippen LogP contribution is -2.28. The van der Waals surface area contributed by atoms with Crippen LogP contribution in [0.3, 0.4) is 0 Å². The van der Waals surface area contributed by atoms with Gasteiger partial charge in [-0.1, -0.05) is 6.07 Å². The lowest BCUT2D eigenvalue weighted by Gasteiger charge is -2.20. The van der Waals surface area contributed by atoms with Crippen LogP contribution in [0.25, 0.3) is 0 Å². The Hall–Kier alpha value is -2.76. The van der Waals surface area contributed by atoms with Crippen molar-refractivity contribution in [2.75, 3.05) is 11.9 Å². The molecule has 2 amide bonds. The molecule has 1 atom stereocenters. The molecular weight excluding hydrogens is 284 g/mol. The molecule has 1 aliphatic heterocycles. The first-order valence-corrected chi connectivity index (χ1v) is 6.97. The van der Waals surface area contributed by atoms with Crippen molar-refractivity contribution in [2.45, 2.75) is 19.9 Å². The van der Waals surface area contributed by atoms with Crippen LogP contribution in [0.5, 0.6) is 5.75 Å². The Balaban J connectivity index is 1.75. The molecule has 0 unspecified atom stereocenters. The lowest BCUT2D eigenvalue weighted by molar-refractivity contribution is -0.118. The number of hydrogen-bond acceptors (Lipinski definition) is 4. The first-order valence-electron chi connectivity index (χ1n) is 6.97. The number of anilines is 1. The molecule has 1 aliphatic rings. The number of rotatable bonds is 3. The highest BCUT2D eigenvalue weighted by atomic mass is 16.5. The summed E-state index contributed by atoms with van der Waals surface area (Å²) in [4.78, 5) is 23.4. The van der Waals surface area contributed by atoms with E-state index in [1.54, 1.807) is 31.2 Å². The van der Waals surface area contributed by atoms with Crippen LogP contribution in [0.2, 0.25) is 0 Å². The van der Waals surface area contributed by atoms with Gasteiger partial charge in [0.2, 0.25) is 0 Å². The van der Waals surface area contributed by atoms with Crippen molar-refractivity contribution in [1.82, 2.24) is 5.32 Å². The number of hydrogen-bond donors (Lipinski definition) is 2. The van der Waals surface area contributed by atoms with Gasteiger partial charge < -0.3 is 19.8 Å². The Kier molecular flexibility index (Phi) is 3.58. The number of furan rings is 1. The fraction of sp³-hybridized carbons (Fsp3) is 0.250. The van der Waals surface area contributed by atoms with E-state index >= 15 is 0 Å².